The number of nitrogens with zero attached hydrogens (tertiary/aromatic N) is 12. The van der Waals surface area contributed by atoms with Crippen LogP contribution >= 0.6 is 23.2 Å². The molecule has 0 saturated carbocycles. The van der Waals surface area contributed by atoms with E-state index >= 15 is 0 Å². The van der Waals surface area contributed by atoms with Crippen LogP contribution in [0.25, 0.3) is 12.2 Å². The van der Waals surface area contributed by atoms with E-state index < -0.39 is 237 Å². The monoisotopic (exact) mass is 1670 g/mol. The molecule has 0 atom stereocenters. The van der Waals surface area contributed by atoms with E-state index in [1.165, 1.54) is 13.8 Å². The van der Waals surface area contributed by atoms with Gasteiger partial charge in [0.1, 0.15) is 51.2 Å². The molecule has 10 N–H and O–H groups in total. The summed E-state index contributed by atoms with van der Waals surface area (Å²) in [6.07, 6.45) is 1.74. The number of azo groups is 2. The molecule has 0 spiro atoms. The number of nitrogens with one attached hydrogen (secondary N) is 6. The van der Waals surface area contributed by atoms with Crippen molar-refractivity contribution in [1.29, 1.82) is 10.8 Å². The quantitative estimate of drug-likeness (QED) is 0.00846. The van der Waals surface area contributed by atoms with Gasteiger partial charge in [-0.05, 0) is 145 Å². The number of rotatable bonds is 20. The van der Waals surface area contributed by atoms with Gasteiger partial charge in [0.15, 0.2) is 0 Å². The van der Waals surface area contributed by atoms with Crippen LogP contribution in [0.5, 0.6) is 11.8 Å². The summed E-state index contributed by atoms with van der Waals surface area (Å²) < 4.78 is 219. The first-order valence-electron chi connectivity index (χ1n) is 26.5. The molecule has 528 valence electrons. The zero-order valence-corrected chi connectivity index (χ0v) is 74.3. The minimum atomic E-state index is -5.54. The zero-order chi connectivity index (χ0) is 74.4. The van der Waals surface area contributed by atoms with Crippen molar-refractivity contribution in [3.05, 3.63) is 148 Å². The minimum Gasteiger partial charge on any atom is -0.859 e. The second kappa shape index (κ2) is 38.2. The van der Waals surface area contributed by atoms with Crippen LogP contribution in [-0.4, -0.2) is 129 Å². The fourth-order valence-electron chi connectivity index (χ4n) is 8.92. The van der Waals surface area contributed by atoms with Gasteiger partial charge in [0.05, 0.1) is 55.0 Å². The first-order chi connectivity index (χ1) is 46.2. The molecule has 106 heavy (non-hydrogen) atoms. The maximum atomic E-state index is 13.2. The maximum Gasteiger partial charge on any atom is 1.00 e. The van der Waals surface area contributed by atoms with Gasteiger partial charge in [-0.25, -0.2) is 36.8 Å². The number of hydrogen-bond acceptors (Lipinski definition) is 32. The van der Waals surface area contributed by atoms with Gasteiger partial charge in [-0.2, -0.15) is 43.6 Å². The van der Waals surface area contributed by atoms with Gasteiger partial charge in [0, 0.05) is 13.1 Å². The molecule has 4 heterocycles. The van der Waals surface area contributed by atoms with Crippen LogP contribution < -0.4 is 231 Å². The molecular weight excluding hydrogens is 1640 g/mol. The Morgan fingerprint density at radius 1 is 0.481 bits per heavy atom. The summed E-state index contributed by atoms with van der Waals surface area (Å²) in [6.45, 7) is 4.00. The number of benzene rings is 4. The van der Waals surface area contributed by atoms with E-state index in [0.29, 0.717) is 33.4 Å². The number of aromatic amines is 4. The minimum absolute atomic E-state index is 0. The van der Waals surface area contributed by atoms with Crippen molar-refractivity contribution in [3.8, 4) is 11.8 Å². The van der Waals surface area contributed by atoms with Crippen molar-refractivity contribution in [2.45, 2.75) is 70.2 Å². The molecule has 4 aromatic heterocycles. The fraction of sp³-hybridized carbons (Fsp3) is 0.120. The summed E-state index contributed by atoms with van der Waals surface area (Å²) in [4.78, 5) is 51.1. The Kier molecular flexibility index (Phi) is 35.1. The zero-order valence-electron chi connectivity index (χ0n) is 55.9. The number of aromatic nitrogens is 8. The van der Waals surface area contributed by atoms with Crippen LogP contribution in [0.1, 0.15) is 47.2 Å². The summed E-state index contributed by atoms with van der Waals surface area (Å²) in [6, 6.07) is 6.65. The Bertz CT molecular complexity index is 5830. The second-order valence-corrected chi connectivity index (χ2v) is 28.7. The second-order valence-electron chi connectivity index (χ2n) is 19.7. The van der Waals surface area contributed by atoms with Crippen molar-refractivity contribution in [3.63, 3.8) is 0 Å². The molecule has 0 radical (unpaired) electrons. The molecule has 42 nitrogen and oxygen atoms in total. The summed E-state index contributed by atoms with van der Waals surface area (Å²) in [5.74, 6) is -5.45. The van der Waals surface area contributed by atoms with Crippen molar-refractivity contribution < 1.29 is 276 Å². The van der Waals surface area contributed by atoms with Crippen molar-refractivity contribution in [2.75, 3.05) is 0 Å². The van der Waals surface area contributed by atoms with Crippen LogP contribution in [0, 0.1) is 24.7 Å². The van der Waals surface area contributed by atoms with Gasteiger partial charge < -0.3 is 59.5 Å². The van der Waals surface area contributed by atoms with Gasteiger partial charge in [0.2, 0.25) is 33.0 Å². The number of pyridine rings is 2. The molecule has 4 aromatic carbocycles. The largest absolute Gasteiger partial charge is 1.00 e. The summed E-state index contributed by atoms with van der Waals surface area (Å²) in [7, 11) is -33.2. The number of halogens is 2. The van der Waals surface area contributed by atoms with E-state index in [0.717, 1.165) is 50.3 Å². The van der Waals surface area contributed by atoms with Gasteiger partial charge >= 0.3 is 177 Å². The van der Waals surface area contributed by atoms with E-state index in [9.17, 15) is 108 Å². The van der Waals surface area contributed by atoms with Gasteiger partial charge in [0.25, 0.3) is 51.6 Å². The van der Waals surface area contributed by atoms with E-state index in [1.54, 1.807) is 0 Å². The Hall–Kier alpha value is -4.48. The van der Waals surface area contributed by atoms with Crippen LogP contribution in [-0.2, 0) is 73.8 Å². The first-order valence-corrected chi connectivity index (χ1v) is 35.8. The van der Waals surface area contributed by atoms with Gasteiger partial charge in [-0.15, -0.1) is 20.5 Å². The van der Waals surface area contributed by atoms with Crippen LogP contribution in [0.4, 0.5) is 45.5 Å². The normalized spacial score (nSPS) is 12.8. The third-order valence-electron chi connectivity index (χ3n) is 13.3. The molecule has 0 aliphatic heterocycles. The van der Waals surface area contributed by atoms with Crippen molar-refractivity contribution >= 4 is 153 Å². The third-order valence-corrected chi connectivity index (χ3v) is 19.0. The summed E-state index contributed by atoms with van der Waals surface area (Å²) in [5, 5.41) is 78.8. The van der Waals surface area contributed by atoms with Crippen LogP contribution in [0.2, 0.25) is 10.6 Å². The molecular formula is C50H38Cl2N18Na6O24S6. The molecule has 0 aliphatic carbocycles. The van der Waals surface area contributed by atoms with E-state index in [4.69, 9.17) is 34.0 Å². The maximum absolute atomic E-state index is 13.2. The van der Waals surface area contributed by atoms with E-state index in [-0.39, 0.29) is 203 Å². The fourth-order valence-corrected chi connectivity index (χ4v) is 13.3. The van der Waals surface area contributed by atoms with Crippen LogP contribution in [0.15, 0.2) is 140 Å². The summed E-state index contributed by atoms with van der Waals surface area (Å²) in [5.41, 5.74) is -14.8. The summed E-state index contributed by atoms with van der Waals surface area (Å²) >= 11 is 12.3. The van der Waals surface area contributed by atoms with Gasteiger partial charge in [-0.3, -0.25) is 37.8 Å². The smallest absolute Gasteiger partial charge is 0.859 e. The van der Waals surface area contributed by atoms with Crippen LogP contribution in [0.3, 0.4) is 0 Å². The van der Waals surface area contributed by atoms with Crippen molar-refractivity contribution in [2.24, 2.45) is 40.4 Å². The predicted octanol–water partition coefficient (Wildman–Crippen LogP) is -17.7. The molecule has 0 bridgehead atoms. The Balaban J connectivity index is 0.00000636. The Labute approximate surface area is 738 Å². The van der Waals surface area contributed by atoms with E-state index in [1.807, 2.05) is 0 Å². The SMILES string of the molecule is CCn1c([O-])c(N=Nc2cc(N=c3[nH]c(Cl)nc(=Nc4ccc(/C=C/c5ccc(N=c6nc(Cl)[nH]c(=Nc7cc(N=Nc8c(C)c(C(=N)[O-])c(=O)n(CC)c8[O-])c(S(=O)(=O)O)cc7S(=O)(=O)O)[nH]6)cc5S(=O)(=O)[O-])c(S(=O)(=O)[O-])c4)[nH]3)c(S(=O)(=O)O)cc2S(=O)(=O)O)c(C)c(C(=N)[O-])c1=O.[Na+].[Na+].[Na+].[Na+].[Na+].[Na+]. The Morgan fingerprint density at radius 2 is 0.783 bits per heavy atom. The average Bonchev–Trinajstić information content (AvgIpc) is 0.777. The Morgan fingerprint density at radius 3 is 1.06 bits per heavy atom. The molecule has 8 rings (SSSR count). The molecule has 0 unspecified atom stereocenters. The van der Waals surface area contributed by atoms with Crippen molar-refractivity contribution in [1.82, 2.24) is 39.0 Å². The van der Waals surface area contributed by atoms with E-state index in [2.05, 4.69) is 70.3 Å². The molecule has 0 saturated heterocycles. The molecule has 0 amide bonds. The third kappa shape index (κ3) is 23.1. The topological polar surface area (TPSA) is 704 Å². The standard InChI is InChI=1S/C50H44Cl2N18O24S6.6Na/c1-5-69-41(73)35(39(53)71)19(3)37(43(69)75)67-65-27-15-25(31(97(83,84)85)17-33(27)99(89,90)91)57-49-61-45(51)59-47(63-49)55-23-11-9-21(29(13-23)95(77,78)79)7-8-22-10-12-24(14-30(22)96(80,81)82)56-48-60-46(52)62-50(64-48)58-26-16-28(34(100(92,93)94)18-32(26)98(86,87)88)66-68-38-20(4)36(40(54)72)42(74)70(6-2)44(38)76;;;;;;/h7-18,75-76H,5-6H2,1-4H3,(H2,53,71)(H2,54,72)(H,77,78,79)(H,80,81,82)(H,83,84,85)(H,86,87,88)(H,89,90,91)(H,92,93,94)(H2,55,57,59,61,63)(H2,56,58,60,62,64);;;;;;/q;6*+1/p-6/b8-7+,67-65?,68-66?;;;;;;. The molecule has 8 aromatic rings. The number of hydrogen-bond donors (Lipinski definition) is 10. The average molecular weight is 1680 g/mol. The molecule has 56 heteroatoms. The van der Waals surface area contributed by atoms with Gasteiger partial charge in [-0.1, -0.05) is 24.3 Å². The number of H-pyrrole nitrogens is 4. The predicted molar refractivity (Wildman–Crippen MR) is 330 cm³/mol. The molecule has 0 aliphatic rings. The first kappa shape index (κ1) is 97.6. The molecule has 0 fully saturated rings.